The topological polar surface area (TPSA) is 67.6 Å². The first kappa shape index (κ1) is 16.8. The number of hydrogen-bond donors (Lipinski definition) is 2. The Labute approximate surface area is 132 Å². The summed E-state index contributed by atoms with van der Waals surface area (Å²) in [5.74, 6) is 0.766. The Morgan fingerprint density at radius 1 is 1.32 bits per heavy atom. The van der Waals surface area contributed by atoms with Gasteiger partial charge in [0.1, 0.15) is 12.4 Å². The summed E-state index contributed by atoms with van der Waals surface area (Å²) in [4.78, 5) is 14.2. The van der Waals surface area contributed by atoms with Crippen LogP contribution in [0.3, 0.4) is 0 Å². The number of hydrogen-bond acceptors (Lipinski definition) is 4. The van der Waals surface area contributed by atoms with Crippen LogP contribution in [0, 0.1) is 0 Å². The van der Waals surface area contributed by atoms with E-state index in [0.29, 0.717) is 13.2 Å². The molecule has 2 rings (SSSR count). The highest BCUT2D eigenvalue weighted by atomic mass is 16.5. The van der Waals surface area contributed by atoms with E-state index in [2.05, 4.69) is 24.1 Å². The molecule has 1 amide bonds. The zero-order valence-electron chi connectivity index (χ0n) is 13.6. The van der Waals surface area contributed by atoms with Gasteiger partial charge in [0.05, 0.1) is 5.54 Å². The number of carbonyl (C=O) groups excluding carboxylic acids is 1. The van der Waals surface area contributed by atoms with Gasteiger partial charge in [0.25, 0.3) is 0 Å². The van der Waals surface area contributed by atoms with Gasteiger partial charge in [0, 0.05) is 18.7 Å². The van der Waals surface area contributed by atoms with E-state index in [0.717, 1.165) is 43.8 Å². The lowest BCUT2D eigenvalue weighted by atomic mass is 10.2. The summed E-state index contributed by atoms with van der Waals surface area (Å²) in [6.45, 7) is 8.35. The van der Waals surface area contributed by atoms with Crippen molar-refractivity contribution in [1.82, 2.24) is 10.2 Å². The lowest BCUT2D eigenvalue weighted by molar-refractivity contribution is -0.123. The van der Waals surface area contributed by atoms with Crippen LogP contribution in [0.1, 0.15) is 32.3 Å². The van der Waals surface area contributed by atoms with E-state index in [9.17, 15) is 4.79 Å². The number of nitrogens with two attached hydrogens (primary N) is 1. The van der Waals surface area contributed by atoms with Gasteiger partial charge in [-0.3, -0.25) is 4.79 Å². The summed E-state index contributed by atoms with van der Waals surface area (Å²) in [5.41, 5.74) is 6.25. The van der Waals surface area contributed by atoms with Crippen LogP contribution in [0.4, 0.5) is 0 Å². The normalized spacial score (nSPS) is 15.6. The van der Waals surface area contributed by atoms with Gasteiger partial charge in [-0.05, 0) is 32.0 Å². The monoisotopic (exact) mass is 305 g/mol. The summed E-state index contributed by atoms with van der Waals surface area (Å²) >= 11 is 0. The van der Waals surface area contributed by atoms with E-state index < -0.39 is 5.54 Å². The van der Waals surface area contributed by atoms with Crippen molar-refractivity contribution in [2.45, 2.75) is 38.8 Å². The maximum Gasteiger partial charge on any atom is 0.240 e. The van der Waals surface area contributed by atoms with Gasteiger partial charge in [-0.25, -0.2) is 0 Å². The van der Waals surface area contributed by atoms with E-state index in [4.69, 9.17) is 10.5 Å². The first-order valence-electron chi connectivity index (χ1n) is 8.09. The molecule has 1 aromatic carbocycles. The lowest BCUT2D eigenvalue weighted by Crippen LogP contribution is -2.42. The fourth-order valence-electron chi connectivity index (χ4n) is 2.33. The average Bonchev–Trinajstić information content (AvgIpc) is 3.29. The summed E-state index contributed by atoms with van der Waals surface area (Å²) in [6, 6.07) is 7.82. The van der Waals surface area contributed by atoms with Crippen LogP contribution in [0.2, 0.25) is 0 Å². The molecule has 3 N–H and O–H groups in total. The van der Waals surface area contributed by atoms with Crippen molar-refractivity contribution >= 4 is 5.91 Å². The van der Waals surface area contributed by atoms with Crippen LogP contribution in [0.15, 0.2) is 24.3 Å². The van der Waals surface area contributed by atoms with Crippen molar-refractivity contribution < 1.29 is 9.53 Å². The highest BCUT2D eigenvalue weighted by molar-refractivity contribution is 5.88. The van der Waals surface area contributed by atoms with Crippen LogP contribution in [-0.4, -0.2) is 42.6 Å². The van der Waals surface area contributed by atoms with Crippen LogP contribution >= 0.6 is 0 Å². The average molecular weight is 305 g/mol. The first-order valence-corrected chi connectivity index (χ1v) is 8.09. The molecule has 122 valence electrons. The number of amides is 1. The molecule has 0 heterocycles. The van der Waals surface area contributed by atoms with E-state index in [1.807, 2.05) is 24.3 Å². The van der Waals surface area contributed by atoms with E-state index in [1.165, 1.54) is 0 Å². The molecule has 1 aromatic rings. The van der Waals surface area contributed by atoms with E-state index in [-0.39, 0.29) is 5.91 Å². The molecule has 1 aliphatic carbocycles. The molecular formula is C17H27N3O2. The van der Waals surface area contributed by atoms with Crippen LogP contribution in [0.25, 0.3) is 0 Å². The maximum atomic E-state index is 11.9. The molecule has 0 unspecified atom stereocenters. The van der Waals surface area contributed by atoms with Gasteiger partial charge < -0.3 is 20.7 Å². The molecular weight excluding hydrogens is 278 g/mol. The number of likely N-dealkylation sites (N-methyl/N-ethyl adjacent to an activating group) is 1. The predicted molar refractivity (Wildman–Crippen MR) is 87.7 cm³/mol. The van der Waals surface area contributed by atoms with E-state index >= 15 is 0 Å². The highest BCUT2D eigenvalue weighted by Gasteiger charge is 2.45. The number of carbonyl (C=O) groups is 1. The SMILES string of the molecule is CCN(CC)CCOc1ccccc1CNC(=O)C1(N)CC1. The minimum Gasteiger partial charge on any atom is -0.492 e. The second-order valence-corrected chi connectivity index (χ2v) is 5.82. The molecule has 5 heteroatoms. The smallest absolute Gasteiger partial charge is 0.240 e. The summed E-state index contributed by atoms with van der Waals surface area (Å²) in [5, 5.41) is 2.91. The molecule has 5 nitrogen and oxygen atoms in total. The Morgan fingerprint density at radius 2 is 2.00 bits per heavy atom. The Hall–Kier alpha value is -1.59. The summed E-state index contributed by atoms with van der Waals surface area (Å²) in [6.07, 6.45) is 1.56. The maximum absolute atomic E-state index is 11.9. The van der Waals surface area contributed by atoms with Gasteiger partial charge >= 0.3 is 0 Å². The second kappa shape index (κ2) is 7.61. The fraction of sp³-hybridized carbons (Fsp3) is 0.588. The van der Waals surface area contributed by atoms with Gasteiger partial charge in [-0.15, -0.1) is 0 Å². The van der Waals surface area contributed by atoms with Crippen molar-refractivity contribution in [2.75, 3.05) is 26.2 Å². The molecule has 0 aliphatic heterocycles. The first-order chi connectivity index (χ1) is 10.6. The molecule has 1 fully saturated rings. The van der Waals surface area contributed by atoms with Gasteiger partial charge in [-0.2, -0.15) is 0 Å². The van der Waals surface area contributed by atoms with Gasteiger partial charge in [0.15, 0.2) is 0 Å². The summed E-state index contributed by atoms with van der Waals surface area (Å²) in [7, 11) is 0. The number of ether oxygens (including phenoxy) is 1. The van der Waals surface area contributed by atoms with Crippen LogP contribution in [0.5, 0.6) is 5.75 Å². The standard InChI is InChI=1S/C17H27N3O2/c1-3-20(4-2)11-12-22-15-8-6-5-7-14(15)13-19-16(21)17(18)9-10-17/h5-8H,3-4,9-13,18H2,1-2H3,(H,19,21). The molecule has 0 atom stereocenters. The third kappa shape index (κ3) is 4.45. The van der Waals surface area contributed by atoms with Crippen molar-refractivity contribution in [2.24, 2.45) is 5.73 Å². The molecule has 1 aliphatic rings. The second-order valence-electron chi connectivity index (χ2n) is 5.82. The van der Waals surface area contributed by atoms with Gasteiger partial charge in [0.2, 0.25) is 5.91 Å². The molecule has 0 saturated heterocycles. The Morgan fingerprint density at radius 3 is 2.64 bits per heavy atom. The number of benzene rings is 1. The largest absolute Gasteiger partial charge is 0.492 e. The van der Waals surface area contributed by atoms with Gasteiger partial charge in [-0.1, -0.05) is 32.0 Å². The van der Waals surface area contributed by atoms with Crippen molar-refractivity contribution in [3.8, 4) is 5.75 Å². The molecule has 0 aromatic heterocycles. The predicted octanol–water partition coefficient (Wildman–Crippen LogP) is 1.51. The van der Waals surface area contributed by atoms with Crippen LogP contribution in [-0.2, 0) is 11.3 Å². The third-order valence-electron chi connectivity index (χ3n) is 4.21. The lowest BCUT2D eigenvalue weighted by Gasteiger charge is -2.19. The minimum atomic E-state index is -0.626. The quantitative estimate of drug-likeness (QED) is 0.726. The van der Waals surface area contributed by atoms with Crippen LogP contribution < -0.4 is 15.8 Å². The zero-order chi connectivity index (χ0) is 16.0. The van der Waals surface area contributed by atoms with Crippen molar-refractivity contribution in [3.05, 3.63) is 29.8 Å². The molecule has 0 bridgehead atoms. The Bertz CT molecular complexity index is 496. The number of nitrogens with one attached hydrogen (secondary N) is 1. The molecule has 22 heavy (non-hydrogen) atoms. The number of rotatable bonds is 9. The van der Waals surface area contributed by atoms with Crippen molar-refractivity contribution in [1.29, 1.82) is 0 Å². The zero-order valence-corrected chi connectivity index (χ0v) is 13.6. The summed E-state index contributed by atoms with van der Waals surface area (Å²) < 4.78 is 5.88. The van der Waals surface area contributed by atoms with Crippen molar-refractivity contribution in [3.63, 3.8) is 0 Å². The van der Waals surface area contributed by atoms with E-state index in [1.54, 1.807) is 0 Å². The molecule has 0 spiro atoms. The minimum absolute atomic E-state index is 0.0644. The molecule has 0 radical (unpaired) electrons. The molecule has 1 saturated carbocycles. The fourth-order valence-corrected chi connectivity index (χ4v) is 2.33. The number of para-hydroxylation sites is 1. The Kier molecular flexibility index (Phi) is 5.80. The highest BCUT2D eigenvalue weighted by Crippen LogP contribution is 2.32. The number of nitrogens with zero attached hydrogens (tertiary/aromatic N) is 1. The third-order valence-corrected chi connectivity index (χ3v) is 4.21. The Balaban J connectivity index is 1.85.